The molecule has 0 saturated heterocycles. The average molecular weight is 367 g/mol. The third kappa shape index (κ3) is 3.92. The second-order valence-electron chi connectivity index (χ2n) is 8.80. The maximum Gasteiger partial charge on any atom is 0.271 e. The van der Waals surface area contributed by atoms with Gasteiger partial charge in [0.25, 0.3) is 5.91 Å². The summed E-state index contributed by atoms with van der Waals surface area (Å²) in [4.78, 5) is 24.7. The maximum atomic E-state index is 12.5. The van der Waals surface area contributed by atoms with Crippen molar-refractivity contribution >= 4 is 17.5 Å². The summed E-state index contributed by atoms with van der Waals surface area (Å²) in [5, 5.41) is 7.41. The summed E-state index contributed by atoms with van der Waals surface area (Å²) in [5.74, 6) is 2.93. The molecular formula is C22H29N3O2. The van der Waals surface area contributed by atoms with E-state index in [4.69, 9.17) is 0 Å². The zero-order chi connectivity index (χ0) is 19.0. The molecule has 1 aromatic rings. The lowest BCUT2D eigenvalue weighted by molar-refractivity contribution is -0.123. The second-order valence-corrected chi connectivity index (χ2v) is 8.80. The summed E-state index contributed by atoms with van der Waals surface area (Å²) < 4.78 is 0. The molecule has 0 spiro atoms. The number of nitrogens with zero attached hydrogens (tertiary/aromatic N) is 1. The Labute approximate surface area is 161 Å². The van der Waals surface area contributed by atoms with E-state index >= 15 is 0 Å². The molecule has 4 fully saturated rings. The first-order valence-electron chi connectivity index (χ1n) is 10.2. The van der Waals surface area contributed by atoms with Crippen LogP contribution in [0.1, 0.15) is 61.4 Å². The fourth-order valence-corrected chi connectivity index (χ4v) is 5.70. The van der Waals surface area contributed by atoms with Gasteiger partial charge in [0.1, 0.15) is 0 Å². The predicted molar refractivity (Wildman–Crippen MR) is 105 cm³/mol. The zero-order valence-corrected chi connectivity index (χ0v) is 16.2. The SMILES string of the molecule is C/C(CC(=O)NC1C2CC3CC(C2)CC1C3)=N\NC(=O)c1ccccc1C. The highest BCUT2D eigenvalue weighted by Gasteiger charge is 2.48. The molecular weight excluding hydrogens is 338 g/mol. The van der Waals surface area contributed by atoms with Crippen LogP contribution >= 0.6 is 0 Å². The van der Waals surface area contributed by atoms with Gasteiger partial charge in [-0.2, -0.15) is 5.10 Å². The number of carbonyl (C=O) groups is 2. The molecule has 0 aromatic heterocycles. The first kappa shape index (κ1) is 18.2. The molecule has 4 bridgehead atoms. The Balaban J connectivity index is 1.30. The van der Waals surface area contributed by atoms with Crippen LogP contribution in [0.3, 0.4) is 0 Å². The second kappa shape index (κ2) is 7.45. The zero-order valence-electron chi connectivity index (χ0n) is 16.2. The number of amides is 2. The molecule has 4 aliphatic rings. The van der Waals surface area contributed by atoms with Crippen LogP contribution in [-0.4, -0.2) is 23.6 Å². The highest BCUT2D eigenvalue weighted by atomic mass is 16.2. The molecule has 4 aliphatic carbocycles. The molecule has 0 unspecified atom stereocenters. The van der Waals surface area contributed by atoms with Gasteiger partial charge in [0.15, 0.2) is 0 Å². The first-order valence-corrected chi connectivity index (χ1v) is 10.2. The molecule has 4 saturated carbocycles. The third-order valence-corrected chi connectivity index (χ3v) is 6.71. The van der Waals surface area contributed by atoms with Crippen molar-refractivity contribution in [1.82, 2.24) is 10.7 Å². The van der Waals surface area contributed by atoms with Crippen LogP contribution in [0.15, 0.2) is 29.4 Å². The molecule has 5 nitrogen and oxygen atoms in total. The molecule has 0 radical (unpaired) electrons. The van der Waals surface area contributed by atoms with Gasteiger partial charge in [-0.15, -0.1) is 0 Å². The molecule has 27 heavy (non-hydrogen) atoms. The summed E-state index contributed by atoms with van der Waals surface area (Å²) in [6, 6.07) is 7.74. The van der Waals surface area contributed by atoms with Gasteiger partial charge in [-0.3, -0.25) is 9.59 Å². The lowest BCUT2D eigenvalue weighted by Gasteiger charge is -2.54. The van der Waals surface area contributed by atoms with E-state index in [1.807, 2.05) is 25.1 Å². The number of rotatable bonds is 5. The van der Waals surface area contributed by atoms with Gasteiger partial charge in [-0.05, 0) is 81.3 Å². The van der Waals surface area contributed by atoms with Crippen LogP contribution in [0.25, 0.3) is 0 Å². The van der Waals surface area contributed by atoms with Crippen LogP contribution in [0.4, 0.5) is 0 Å². The molecule has 5 rings (SSSR count). The predicted octanol–water partition coefficient (Wildman–Crippen LogP) is 3.43. The Morgan fingerprint density at radius 1 is 1.04 bits per heavy atom. The minimum Gasteiger partial charge on any atom is -0.352 e. The fourth-order valence-electron chi connectivity index (χ4n) is 5.70. The summed E-state index contributed by atoms with van der Waals surface area (Å²) in [6.07, 6.45) is 6.81. The Bertz CT molecular complexity index is 743. The number of hydrogen-bond donors (Lipinski definition) is 2. The number of aryl methyl sites for hydroxylation is 1. The Morgan fingerprint density at radius 2 is 1.67 bits per heavy atom. The quantitative estimate of drug-likeness (QED) is 0.618. The van der Waals surface area contributed by atoms with Gasteiger partial charge >= 0.3 is 0 Å². The van der Waals surface area contributed by atoms with E-state index in [1.165, 1.54) is 32.1 Å². The van der Waals surface area contributed by atoms with Crippen molar-refractivity contribution in [3.63, 3.8) is 0 Å². The molecule has 0 heterocycles. The Morgan fingerprint density at radius 3 is 2.30 bits per heavy atom. The summed E-state index contributed by atoms with van der Waals surface area (Å²) >= 11 is 0. The van der Waals surface area contributed by atoms with Crippen LogP contribution in [0.2, 0.25) is 0 Å². The van der Waals surface area contributed by atoms with Crippen molar-refractivity contribution in [2.45, 2.75) is 58.4 Å². The fraction of sp³-hybridized carbons (Fsp3) is 0.591. The van der Waals surface area contributed by atoms with Crippen molar-refractivity contribution in [2.24, 2.45) is 28.8 Å². The average Bonchev–Trinajstić information content (AvgIpc) is 2.62. The minimum atomic E-state index is -0.242. The van der Waals surface area contributed by atoms with E-state index in [2.05, 4.69) is 15.8 Å². The largest absolute Gasteiger partial charge is 0.352 e. The van der Waals surface area contributed by atoms with E-state index in [0.717, 1.165) is 17.4 Å². The highest BCUT2D eigenvalue weighted by molar-refractivity contribution is 6.01. The maximum absolute atomic E-state index is 12.5. The minimum absolute atomic E-state index is 0.0267. The van der Waals surface area contributed by atoms with Gasteiger partial charge < -0.3 is 5.32 Å². The van der Waals surface area contributed by atoms with Crippen molar-refractivity contribution in [2.75, 3.05) is 0 Å². The van der Waals surface area contributed by atoms with Gasteiger partial charge in [0, 0.05) is 17.3 Å². The molecule has 5 heteroatoms. The van der Waals surface area contributed by atoms with E-state index < -0.39 is 0 Å². The standard InChI is InChI=1S/C22H29N3O2/c1-13-5-3-4-6-19(13)22(27)25-24-14(2)7-20(26)23-21-17-9-15-8-16(11-17)12-18(21)10-15/h3-6,15-18,21H,7-12H2,1-2H3,(H,23,26)(H,25,27)/b24-14+. The van der Waals surface area contributed by atoms with Gasteiger partial charge in [0.2, 0.25) is 5.91 Å². The van der Waals surface area contributed by atoms with Crippen LogP contribution in [-0.2, 0) is 4.79 Å². The van der Waals surface area contributed by atoms with E-state index in [1.54, 1.807) is 13.0 Å². The summed E-state index contributed by atoms with van der Waals surface area (Å²) in [6.45, 7) is 3.68. The molecule has 2 amide bonds. The summed E-state index contributed by atoms with van der Waals surface area (Å²) in [7, 11) is 0. The number of hydrazone groups is 1. The Kier molecular flexibility index (Phi) is 5.02. The monoisotopic (exact) mass is 367 g/mol. The van der Waals surface area contributed by atoms with Crippen molar-refractivity contribution in [1.29, 1.82) is 0 Å². The van der Waals surface area contributed by atoms with Crippen molar-refractivity contribution in [3.8, 4) is 0 Å². The van der Waals surface area contributed by atoms with E-state index in [-0.39, 0.29) is 18.2 Å². The van der Waals surface area contributed by atoms with Gasteiger partial charge in [-0.1, -0.05) is 18.2 Å². The summed E-state index contributed by atoms with van der Waals surface area (Å²) in [5.41, 5.74) is 4.70. The van der Waals surface area contributed by atoms with Gasteiger partial charge in [-0.25, -0.2) is 5.43 Å². The van der Waals surface area contributed by atoms with Crippen molar-refractivity contribution < 1.29 is 9.59 Å². The third-order valence-electron chi connectivity index (χ3n) is 6.71. The van der Waals surface area contributed by atoms with Gasteiger partial charge in [0.05, 0.1) is 6.42 Å². The lowest BCUT2D eigenvalue weighted by Crippen LogP contribution is -2.56. The van der Waals surface area contributed by atoms with Crippen LogP contribution in [0, 0.1) is 30.6 Å². The van der Waals surface area contributed by atoms with Crippen molar-refractivity contribution in [3.05, 3.63) is 35.4 Å². The smallest absolute Gasteiger partial charge is 0.271 e. The number of nitrogens with one attached hydrogen (secondary N) is 2. The number of benzene rings is 1. The van der Waals surface area contributed by atoms with E-state index in [0.29, 0.717) is 29.2 Å². The highest BCUT2D eigenvalue weighted by Crippen LogP contribution is 2.53. The molecule has 144 valence electrons. The molecule has 0 atom stereocenters. The lowest BCUT2D eigenvalue weighted by atomic mass is 9.54. The van der Waals surface area contributed by atoms with Crippen LogP contribution < -0.4 is 10.7 Å². The normalized spacial score (nSPS) is 31.6. The number of carbonyl (C=O) groups excluding carboxylic acids is 2. The Hall–Kier alpha value is -2.17. The number of hydrogen-bond acceptors (Lipinski definition) is 3. The molecule has 2 N–H and O–H groups in total. The molecule has 0 aliphatic heterocycles. The van der Waals surface area contributed by atoms with E-state index in [9.17, 15) is 9.59 Å². The topological polar surface area (TPSA) is 70.6 Å². The first-order chi connectivity index (χ1) is 13.0. The van der Waals surface area contributed by atoms with Crippen LogP contribution in [0.5, 0.6) is 0 Å². The molecule has 1 aromatic carbocycles.